The third-order valence-corrected chi connectivity index (χ3v) is 8.37. The molecular weight excluding hydrogens is 480 g/mol. The number of amides is 2. The SMILES string of the molecule is CCC1(CC)CC(=O)N([C@H](CCOC)[C@H]2C[C@@H]2C(=O)NC2CC(C)(C)Oc3cccc(Cl)c32)C(N)=N1. The van der Waals surface area contributed by atoms with Gasteiger partial charge in [0.05, 0.1) is 18.0 Å². The maximum Gasteiger partial charge on any atom is 0.231 e. The Kier molecular flexibility index (Phi) is 7.58. The normalized spacial score (nSPS) is 26.9. The van der Waals surface area contributed by atoms with Crippen molar-refractivity contribution in [2.24, 2.45) is 22.6 Å². The van der Waals surface area contributed by atoms with E-state index in [0.717, 1.165) is 18.4 Å². The fraction of sp³-hybridized carbons (Fsp3) is 0.667. The van der Waals surface area contributed by atoms with Crippen LogP contribution in [0.25, 0.3) is 0 Å². The van der Waals surface area contributed by atoms with Gasteiger partial charge in [-0.15, -0.1) is 0 Å². The minimum atomic E-state index is -0.438. The maximum absolute atomic E-state index is 13.4. The van der Waals surface area contributed by atoms with Crippen molar-refractivity contribution in [3.8, 4) is 5.75 Å². The van der Waals surface area contributed by atoms with Gasteiger partial charge < -0.3 is 20.5 Å². The number of nitrogens with zero attached hydrogens (tertiary/aromatic N) is 2. The van der Waals surface area contributed by atoms with Crippen LogP contribution >= 0.6 is 11.6 Å². The first-order chi connectivity index (χ1) is 17.0. The summed E-state index contributed by atoms with van der Waals surface area (Å²) in [5.74, 6) is 0.680. The molecule has 0 bridgehead atoms. The number of halogens is 1. The van der Waals surface area contributed by atoms with E-state index >= 15 is 0 Å². The molecule has 2 heterocycles. The van der Waals surface area contributed by atoms with Gasteiger partial charge in [-0.1, -0.05) is 31.5 Å². The lowest BCUT2D eigenvalue weighted by Gasteiger charge is -2.40. The molecule has 4 rings (SSSR count). The molecule has 0 spiro atoms. The van der Waals surface area contributed by atoms with Gasteiger partial charge in [-0.3, -0.25) is 14.5 Å². The Bertz CT molecular complexity index is 1040. The standard InChI is InChI=1S/C27H39ClN4O4/c1-6-27(7-2)15-22(33)32(25(29)31-27)20(11-12-35-5)16-13-17(16)24(34)30-19-14-26(3,4)36-21-10-8-9-18(28)23(19)21/h8-10,16-17,19-20H,6-7,11-15H2,1-5H3,(H2,29,31)(H,30,34)/t16-,17-,19?,20+/m0/s1. The molecule has 3 N–H and O–H groups in total. The first-order valence-electron chi connectivity index (χ1n) is 13.0. The van der Waals surface area contributed by atoms with Crippen LogP contribution in [0.5, 0.6) is 5.75 Å². The van der Waals surface area contributed by atoms with Crippen LogP contribution in [0.3, 0.4) is 0 Å². The second kappa shape index (κ2) is 10.2. The zero-order valence-corrected chi connectivity index (χ0v) is 22.7. The molecule has 1 saturated carbocycles. The smallest absolute Gasteiger partial charge is 0.231 e. The lowest BCUT2D eigenvalue weighted by Crippen LogP contribution is -2.56. The topological polar surface area (TPSA) is 106 Å². The number of nitrogens with one attached hydrogen (secondary N) is 1. The molecule has 9 heteroatoms. The van der Waals surface area contributed by atoms with Crippen molar-refractivity contribution in [3.05, 3.63) is 28.8 Å². The van der Waals surface area contributed by atoms with Crippen LogP contribution in [0, 0.1) is 11.8 Å². The molecule has 2 amide bonds. The van der Waals surface area contributed by atoms with E-state index in [0.29, 0.717) is 43.1 Å². The first kappa shape index (κ1) is 26.7. The third kappa shape index (κ3) is 5.21. The van der Waals surface area contributed by atoms with Crippen molar-refractivity contribution >= 4 is 29.4 Å². The van der Waals surface area contributed by atoms with Gasteiger partial charge in [0.1, 0.15) is 11.4 Å². The van der Waals surface area contributed by atoms with E-state index in [4.69, 9.17) is 31.8 Å². The molecule has 0 aromatic heterocycles. The van der Waals surface area contributed by atoms with E-state index in [-0.39, 0.29) is 41.7 Å². The number of carbonyl (C=O) groups is 2. The summed E-state index contributed by atoms with van der Waals surface area (Å²) >= 11 is 6.51. The van der Waals surface area contributed by atoms with Gasteiger partial charge in [-0.2, -0.15) is 0 Å². The molecule has 198 valence electrons. The number of carbonyl (C=O) groups excluding carboxylic acids is 2. The summed E-state index contributed by atoms with van der Waals surface area (Å²) in [7, 11) is 1.64. The monoisotopic (exact) mass is 518 g/mol. The van der Waals surface area contributed by atoms with E-state index in [1.54, 1.807) is 12.0 Å². The Labute approximate surface area is 218 Å². The molecule has 0 saturated heterocycles. The molecule has 0 radical (unpaired) electrons. The largest absolute Gasteiger partial charge is 0.487 e. The Morgan fingerprint density at radius 1 is 1.36 bits per heavy atom. The molecule has 3 aliphatic rings. The lowest BCUT2D eigenvalue weighted by atomic mass is 9.87. The minimum absolute atomic E-state index is 0.00725. The highest BCUT2D eigenvalue weighted by Gasteiger charge is 2.53. The number of guanidine groups is 1. The van der Waals surface area contributed by atoms with Crippen molar-refractivity contribution in [1.29, 1.82) is 0 Å². The molecule has 8 nitrogen and oxygen atoms in total. The molecule has 36 heavy (non-hydrogen) atoms. The molecule has 2 aliphatic heterocycles. The predicted octanol–water partition coefficient (Wildman–Crippen LogP) is 4.21. The summed E-state index contributed by atoms with van der Waals surface area (Å²) in [5, 5.41) is 3.81. The van der Waals surface area contributed by atoms with Crippen LogP contribution in [0.2, 0.25) is 5.02 Å². The number of methoxy groups -OCH3 is 1. The number of hydrogen-bond donors (Lipinski definition) is 2. The van der Waals surface area contributed by atoms with Gasteiger partial charge in [-0.25, -0.2) is 4.99 Å². The van der Waals surface area contributed by atoms with E-state index in [1.165, 1.54) is 0 Å². The zero-order chi connectivity index (χ0) is 26.3. The van der Waals surface area contributed by atoms with Crippen molar-refractivity contribution in [3.63, 3.8) is 0 Å². The van der Waals surface area contributed by atoms with Gasteiger partial charge in [0.25, 0.3) is 0 Å². The molecule has 1 aromatic carbocycles. The number of fused-ring (bicyclic) bond motifs is 1. The molecule has 1 aromatic rings. The molecule has 1 aliphatic carbocycles. The molecule has 1 fully saturated rings. The van der Waals surface area contributed by atoms with Crippen molar-refractivity contribution < 1.29 is 19.1 Å². The Morgan fingerprint density at radius 2 is 2.08 bits per heavy atom. The second-order valence-corrected chi connectivity index (χ2v) is 11.4. The number of rotatable bonds is 9. The van der Waals surface area contributed by atoms with Crippen LogP contribution in [0.15, 0.2) is 23.2 Å². The highest BCUT2D eigenvalue weighted by atomic mass is 35.5. The van der Waals surface area contributed by atoms with Crippen LogP contribution < -0.4 is 15.8 Å². The van der Waals surface area contributed by atoms with Crippen LogP contribution in [-0.2, 0) is 14.3 Å². The molecule has 1 unspecified atom stereocenters. The van der Waals surface area contributed by atoms with Gasteiger partial charge in [0.2, 0.25) is 11.8 Å². The van der Waals surface area contributed by atoms with E-state index in [2.05, 4.69) is 5.32 Å². The average molecular weight is 519 g/mol. The molecule has 4 atom stereocenters. The van der Waals surface area contributed by atoms with Crippen molar-refractivity contribution in [1.82, 2.24) is 10.2 Å². The van der Waals surface area contributed by atoms with E-state index in [1.807, 2.05) is 45.9 Å². The predicted molar refractivity (Wildman–Crippen MR) is 140 cm³/mol. The summed E-state index contributed by atoms with van der Waals surface area (Å²) < 4.78 is 11.4. The van der Waals surface area contributed by atoms with Crippen LogP contribution in [-0.4, -0.2) is 53.6 Å². The number of benzene rings is 1. The number of ether oxygens (including phenoxy) is 2. The summed E-state index contributed by atoms with van der Waals surface area (Å²) in [5.41, 5.74) is 6.33. The molecular formula is C27H39ClN4O4. The quantitative estimate of drug-likeness (QED) is 0.509. The zero-order valence-electron chi connectivity index (χ0n) is 22.0. The average Bonchev–Trinajstić information content (AvgIpc) is 3.60. The third-order valence-electron chi connectivity index (χ3n) is 8.04. The Hall–Kier alpha value is -2.32. The van der Waals surface area contributed by atoms with Crippen LogP contribution in [0.1, 0.15) is 77.8 Å². The number of hydrogen-bond acceptors (Lipinski definition) is 6. The highest BCUT2D eigenvalue weighted by molar-refractivity contribution is 6.31. The Balaban J connectivity index is 1.52. The fourth-order valence-electron chi connectivity index (χ4n) is 5.84. The first-order valence-corrected chi connectivity index (χ1v) is 13.4. The maximum atomic E-state index is 13.4. The highest BCUT2D eigenvalue weighted by Crippen LogP contribution is 2.48. The summed E-state index contributed by atoms with van der Waals surface area (Å²) in [6.45, 7) is 8.56. The number of aliphatic imine (C=N–C) groups is 1. The second-order valence-electron chi connectivity index (χ2n) is 11.0. The van der Waals surface area contributed by atoms with Crippen LogP contribution in [0.4, 0.5) is 0 Å². The van der Waals surface area contributed by atoms with Gasteiger partial charge in [0.15, 0.2) is 5.96 Å². The van der Waals surface area contributed by atoms with E-state index in [9.17, 15) is 9.59 Å². The van der Waals surface area contributed by atoms with Crippen molar-refractivity contribution in [2.45, 2.75) is 89.4 Å². The number of nitrogens with two attached hydrogens (primary N) is 1. The Morgan fingerprint density at radius 3 is 2.72 bits per heavy atom. The summed E-state index contributed by atoms with van der Waals surface area (Å²) in [6.07, 6.45) is 3.74. The van der Waals surface area contributed by atoms with Gasteiger partial charge >= 0.3 is 0 Å². The summed E-state index contributed by atoms with van der Waals surface area (Å²) in [4.78, 5) is 33.1. The minimum Gasteiger partial charge on any atom is -0.487 e. The van der Waals surface area contributed by atoms with Gasteiger partial charge in [-0.05, 0) is 57.6 Å². The lowest BCUT2D eigenvalue weighted by molar-refractivity contribution is -0.133. The fourth-order valence-corrected chi connectivity index (χ4v) is 6.14. The van der Waals surface area contributed by atoms with E-state index < -0.39 is 11.1 Å². The van der Waals surface area contributed by atoms with Crippen molar-refractivity contribution in [2.75, 3.05) is 13.7 Å². The summed E-state index contributed by atoms with van der Waals surface area (Å²) in [6, 6.07) is 5.08. The van der Waals surface area contributed by atoms with Gasteiger partial charge in [0, 0.05) is 42.7 Å².